The average Bonchev–Trinajstić information content (AvgIpc) is 3.34. The van der Waals surface area contributed by atoms with Crippen molar-refractivity contribution in [2.24, 2.45) is 22.2 Å². The van der Waals surface area contributed by atoms with E-state index in [2.05, 4.69) is 27.2 Å². The summed E-state index contributed by atoms with van der Waals surface area (Å²) in [5, 5.41) is 12.2. The Morgan fingerprint density at radius 1 is 1.14 bits per heavy atom. The molecule has 15 heteroatoms. The Balaban J connectivity index is 1.92. The number of imidazole rings is 1. The van der Waals surface area contributed by atoms with Crippen LogP contribution in [-0.2, 0) is 24.3 Å². The zero-order chi connectivity index (χ0) is 30.8. The van der Waals surface area contributed by atoms with Crippen LogP contribution in [0.15, 0.2) is 41.4 Å². The number of guanidine groups is 1. The number of nitrogens with zero attached hydrogens (tertiary/aromatic N) is 4. The molecule has 0 aliphatic carbocycles. The number of aliphatic imine (C=N–C) groups is 1. The summed E-state index contributed by atoms with van der Waals surface area (Å²) in [6, 6.07) is 8.92. The molecule has 0 saturated heterocycles. The van der Waals surface area contributed by atoms with Gasteiger partial charge in [0.25, 0.3) is 11.9 Å². The van der Waals surface area contributed by atoms with Crippen LogP contribution >= 0.6 is 0 Å². The van der Waals surface area contributed by atoms with Gasteiger partial charge >= 0.3 is 6.03 Å². The van der Waals surface area contributed by atoms with Crippen molar-refractivity contribution in [1.82, 2.24) is 25.6 Å². The van der Waals surface area contributed by atoms with E-state index in [1.165, 1.54) is 4.90 Å². The van der Waals surface area contributed by atoms with Gasteiger partial charge in [-0.1, -0.05) is 36.6 Å². The molecule has 224 valence electrons. The standard InChI is InChI=1S/C27H36N10O5/c1-3-5-22-33-20-13-19(12-16(2)23(20)34-22)25(39)36(15-18-9-7-17(8-10-18)14-32-27(30)40)21(24(28)38)6-4-11-31-26(29)35-37(41)42/h7-10,12-13,21H,3-6,11,14-15H2,1-2H3,(H2,28,38)(H,33,34)(H3,29,31,35)(H3,30,32,40)/t21-/m1/s1. The number of nitrogens with two attached hydrogens (primary N) is 3. The molecule has 0 radical (unpaired) electrons. The summed E-state index contributed by atoms with van der Waals surface area (Å²) in [6.07, 6.45) is 2.09. The third kappa shape index (κ3) is 8.64. The van der Waals surface area contributed by atoms with Gasteiger partial charge in [0.05, 0.1) is 11.0 Å². The van der Waals surface area contributed by atoms with Crippen LogP contribution in [0, 0.1) is 17.0 Å². The number of nitrogens with one attached hydrogen (secondary N) is 3. The predicted molar refractivity (Wildman–Crippen MR) is 156 cm³/mol. The van der Waals surface area contributed by atoms with Gasteiger partial charge in [0.2, 0.25) is 5.91 Å². The van der Waals surface area contributed by atoms with E-state index in [0.717, 1.165) is 40.9 Å². The first-order valence-electron chi connectivity index (χ1n) is 13.4. The van der Waals surface area contributed by atoms with Gasteiger partial charge in [0.1, 0.15) is 11.9 Å². The van der Waals surface area contributed by atoms with E-state index in [9.17, 15) is 24.5 Å². The summed E-state index contributed by atoms with van der Waals surface area (Å²) in [7, 11) is 0. The Kier molecular flexibility index (Phi) is 10.8. The molecule has 1 atom stereocenters. The number of carbonyl (C=O) groups is 3. The molecule has 0 unspecified atom stereocenters. The molecule has 3 rings (SSSR count). The second-order valence-corrected chi connectivity index (χ2v) is 9.79. The van der Waals surface area contributed by atoms with Crippen molar-refractivity contribution in [3.63, 3.8) is 0 Å². The smallest absolute Gasteiger partial charge is 0.312 e. The number of hydrogen-bond donors (Lipinski definition) is 6. The highest BCUT2D eigenvalue weighted by molar-refractivity contribution is 6.00. The fourth-order valence-corrected chi connectivity index (χ4v) is 4.52. The van der Waals surface area contributed by atoms with Crippen LogP contribution in [0.25, 0.3) is 11.0 Å². The van der Waals surface area contributed by atoms with Crippen LogP contribution in [0.1, 0.15) is 59.1 Å². The van der Waals surface area contributed by atoms with Gasteiger partial charge < -0.3 is 32.4 Å². The van der Waals surface area contributed by atoms with E-state index < -0.39 is 28.9 Å². The van der Waals surface area contributed by atoms with E-state index in [0.29, 0.717) is 11.1 Å². The highest BCUT2D eigenvalue weighted by Gasteiger charge is 2.29. The molecular weight excluding hydrogens is 544 g/mol. The topological polar surface area (TPSA) is 241 Å². The number of primary amides is 2. The summed E-state index contributed by atoms with van der Waals surface area (Å²) >= 11 is 0. The number of hydrogen-bond acceptors (Lipinski definition) is 7. The molecule has 0 spiro atoms. The molecule has 2 aromatic carbocycles. The lowest BCUT2D eigenvalue weighted by molar-refractivity contribution is -0.525. The molecule has 3 aromatic rings. The van der Waals surface area contributed by atoms with Crippen LogP contribution < -0.4 is 27.9 Å². The normalized spacial score (nSPS) is 12.1. The number of aromatic nitrogens is 2. The molecule has 0 aliphatic rings. The van der Waals surface area contributed by atoms with E-state index in [4.69, 9.17) is 17.2 Å². The van der Waals surface area contributed by atoms with Crippen LogP contribution in [-0.4, -0.2) is 56.3 Å². The number of hydrazine groups is 1. The van der Waals surface area contributed by atoms with Crippen molar-refractivity contribution in [1.29, 1.82) is 0 Å². The molecular formula is C27H36N10O5. The Morgan fingerprint density at radius 2 is 1.83 bits per heavy atom. The second-order valence-electron chi connectivity index (χ2n) is 9.79. The maximum atomic E-state index is 14.0. The fraction of sp³-hybridized carbons (Fsp3) is 0.370. The van der Waals surface area contributed by atoms with Crippen molar-refractivity contribution < 1.29 is 19.4 Å². The van der Waals surface area contributed by atoms with Crippen molar-refractivity contribution in [3.8, 4) is 0 Å². The molecule has 0 bridgehead atoms. The number of carbonyl (C=O) groups excluding carboxylic acids is 3. The minimum Gasteiger partial charge on any atom is -0.368 e. The van der Waals surface area contributed by atoms with Gasteiger partial charge in [0.15, 0.2) is 5.03 Å². The summed E-state index contributed by atoms with van der Waals surface area (Å²) in [4.78, 5) is 61.5. The van der Waals surface area contributed by atoms with Crippen LogP contribution in [0.4, 0.5) is 4.79 Å². The molecule has 0 fully saturated rings. The minimum atomic E-state index is -1.01. The first-order chi connectivity index (χ1) is 20.0. The molecule has 9 N–H and O–H groups in total. The molecule has 1 heterocycles. The highest BCUT2D eigenvalue weighted by Crippen LogP contribution is 2.23. The first-order valence-corrected chi connectivity index (χ1v) is 13.4. The van der Waals surface area contributed by atoms with Crippen molar-refractivity contribution in [3.05, 3.63) is 74.6 Å². The van der Waals surface area contributed by atoms with Crippen molar-refractivity contribution in [2.45, 2.75) is 58.7 Å². The molecule has 0 aliphatic heterocycles. The Bertz CT molecular complexity index is 1470. The zero-order valence-corrected chi connectivity index (χ0v) is 23.6. The number of benzene rings is 2. The predicted octanol–water partition coefficient (Wildman–Crippen LogP) is 1.36. The molecule has 0 saturated carbocycles. The molecule has 15 nitrogen and oxygen atoms in total. The van der Waals surface area contributed by atoms with Crippen LogP contribution in [0.5, 0.6) is 0 Å². The quantitative estimate of drug-likeness (QED) is 0.0533. The first kappa shape index (κ1) is 31.3. The lowest BCUT2D eigenvalue weighted by Crippen LogP contribution is -2.47. The maximum absolute atomic E-state index is 14.0. The SMILES string of the molecule is CCCc1nc2c(C)cc(C(=O)N(Cc3ccc(CNC(N)=O)cc3)[C@H](CCCN=C(N)N[N+](=O)[O-])C(N)=O)cc2[nH]1. The van der Waals surface area contributed by atoms with E-state index in [1.807, 2.05) is 6.92 Å². The summed E-state index contributed by atoms with van der Waals surface area (Å²) in [5.74, 6) is -0.673. The Hall–Kier alpha value is -5.21. The minimum absolute atomic E-state index is 0.0609. The van der Waals surface area contributed by atoms with E-state index in [-0.39, 0.29) is 38.4 Å². The molecule has 42 heavy (non-hydrogen) atoms. The second kappa shape index (κ2) is 14.4. The maximum Gasteiger partial charge on any atom is 0.312 e. The van der Waals surface area contributed by atoms with Crippen molar-refractivity contribution in [2.75, 3.05) is 6.54 Å². The number of nitro groups is 1. The van der Waals surface area contributed by atoms with Crippen molar-refractivity contribution >= 4 is 34.8 Å². The lowest BCUT2D eigenvalue weighted by Gasteiger charge is -2.30. The summed E-state index contributed by atoms with van der Waals surface area (Å²) < 4.78 is 0. The van der Waals surface area contributed by atoms with Gasteiger partial charge in [-0.3, -0.25) is 9.59 Å². The number of fused-ring (bicyclic) bond motifs is 1. The molecule has 1 aromatic heterocycles. The third-order valence-corrected chi connectivity index (χ3v) is 6.49. The average molecular weight is 581 g/mol. The van der Waals surface area contributed by atoms with Crippen LogP contribution in [0.2, 0.25) is 0 Å². The summed E-state index contributed by atoms with van der Waals surface area (Å²) in [5.41, 5.74) is 22.3. The highest BCUT2D eigenvalue weighted by atomic mass is 16.7. The molecule has 4 amide bonds. The van der Waals surface area contributed by atoms with E-state index in [1.54, 1.807) is 41.8 Å². The lowest BCUT2D eigenvalue weighted by atomic mass is 10.0. The Labute approximate surface area is 242 Å². The van der Waals surface area contributed by atoms with Crippen LogP contribution in [0.3, 0.4) is 0 Å². The zero-order valence-electron chi connectivity index (χ0n) is 23.6. The number of aryl methyl sites for hydroxylation is 2. The number of aromatic amines is 1. The van der Waals surface area contributed by atoms with Gasteiger partial charge in [-0.05, 0) is 55.0 Å². The van der Waals surface area contributed by atoms with Gasteiger partial charge in [-0.25, -0.2) is 24.9 Å². The monoisotopic (exact) mass is 580 g/mol. The van der Waals surface area contributed by atoms with E-state index >= 15 is 0 Å². The number of H-pyrrole nitrogens is 1. The number of urea groups is 1. The van der Waals surface area contributed by atoms with Gasteiger partial charge in [-0.15, -0.1) is 0 Å². The van der Waals surface area contributed by atoms with Gasteiger partial charge in [-0.2, -0.15) is 0 Å². The number of rotatable bonds is 14. The number of amides is 4. The fourth-order valence-electron chi connectivity index (χ4n) is 4.52. The Morgan fingerprint density at radius 3 is 2.45 bits per heavy atom. The summed E-state index contributed by atoms with van der Waals surface area (Å²) in [6.45, 7) is 4.29. The largest absolute Gasteiger partial charge is 0.368 e. The third-order valence-electron chi connectivity index (χ3n) is 6.49. The van der Waals surface area contributed by atoms with Gasteiger partial charge in [0, 0.05) is 31.6 Å².